The van der Waals surface area contributed by atoms with Crippen molar-refractivity contribution >= 4 is 5.69 Å². The van der Waals surface area contributed by atoms with Crippen molar-refractivity contribution in [2.45, 2.75) is 19.8 Å². The SMILES string of the molecule is CCc1ccccc1Cc1ccccc1N. The zero-order valence-corrected chi connectivity index (χ0v) is 9.61. The van der Waals surface area contributed by atoms with Gasteiger partial charge in [0.05, 0.1) is 0 Å². The summed E-state index contributed by atoms with van der Waals surface area (Å²) in [5.74, 6) is 0. The third-order valence-electron chi connectivity index (χ3n) is 2.94. The average molecular weight is 211 g/mol. The van der Waals surface area contributed by atoms with Gasteiger partial charge in [-0.2, -0.15) is 0 Å². The molecule has 0 atom stereocenters. The highest BCUT2D eigenvalue weighted by molar-refractivity contribution is 5.49. The van der Waals surface area contributed by atoms with Gasteiger partial charge in [0.1, 0.15) is 0 Å². The number of hydrogen-bond acceptors (Lipinski definition) is 1. The standard InChI is InChI=1S/C15H17N/c1-2-12-7-3-4-8-13(12)11-14-9-5-6-10-15(14)16/h3-10H,2,11,16H2,1H3. The number of nitrogens with two attached hydrogens (primary N) is 1. The summed E-state index contributed by atoms with van der Waals surface area (Å²) in [5, 5.41) is 0. The van der Waals surface area contributed by atoms with Gasteiger partial charge in [-0.05, 0) is 35.6 Å². The van der Waals surface area contributed by atoms with Crippen molar-refractivity contribution in [1.29, 1.82) is 0 Å². The van der Waals surface area contributed by atoms with Crippen LogP contribution in [0.2, 0.25) is 0 Å². The van der Waals surface area contributed by atoms with E-state index in [4.69, 9.17) is 5.73 Å². The van der Waals surface area contributed by atoms with E-state index in [0.29, 0.717) is 0 Å². The quantitative estimate of drug-likeness (QED) is 0.773. The molecule has 0 spiro atoms. The Hall–Kier alpha value is -1.76. The molecule has 2 aromatic rings. The van der Waals surface area contributed by atoms with Gasteiger partial charge in [0, 0.05) is 5.69 Å². The zero-order valence-electron chi connectivity index (χ0n) is 9.61. The molecule has 2 N–H and O–H groups in total. The maximum atomic E-state index is 5.96. The monoisotopic (exact) mass is 211 g/mol. The molecule has 0 amide bonds. The van der Waals surface area contributed by atoms with Gasteiger partial charge < -0.3 is 5.73 Å². The third kappa shape index (κ3) is 2.25. The highest BCUT2D eigenvalue weighted by Gasteiger charge is 2.03. The zero-order chi connectivity index (χ0) is 11.4. The Morgan fingerprint density at radius 3 is 2.00 bits per heavy atom. The fourth-order valence-corrected chi connectivity index (χ4v) is 1.98. The van der Waals surface area contributed by atoms with Crippen LogP contribution in [-0.2, 0) is 12.8 Å². The van der Waals surface area contributed by atoms with Crippen molar-refractivity contribution in [3.8, 4) is 0 Å². The number of rotatable bonds is 3. The lowest BCUT2D eigenvalue weighted by atomic mass is 9.97. The molecule has 0 aliphatic carbocycles. The number of anilines is 1. The molecule has 0 saturated carbocycles. The smallest absolute Gasteiger partial charge is 0.0349 e. The lowest BCUT2D eigenvalue weighted by Crippen LogP contribution is -1.98. The van der Waals surface area contributed by atoms with E-state index in [0.717, 1.165) is 18.5 Å². The predicted octanol–water partition coefficient (Wildman–Crippen LogP) is 3.42. The second kappa shape index (κ2) is 4.84. The van der Waals surface area contributed by atoms with E-state index in [1.54, 1.807) is 0 Å². The summed E-state index contributed by atoms with van der Waals surface area (Å²) in [6.07, 6.45) is 2.00. The lowest BCUT2D eigenvalue weighted by Gasteiger charge is -2.09. The van der Waals surface area contributed by atoms with Gasteiger partial charge in [0.25, 0.3) is 0 Å². The summed E-state index contributed by atoms with van der Waals surface area (Å²) < 4.78 is 0. The first-order chi connectivity index (χ1) is 7.81. The number of para-hydroxylation sites is 1. The first-order valence-corrected chi connectivity index (χ1v) is 5.71. The molecular formula is C15H17N. The van der Waals surface area contributed by atoms with Crippen LogP contribution in [0, 0.1) is 0 Å². The van der Waals surface area contributed by atoms with Crippen molar-refractivity contribution < 1.29 is 0 Å². The second-order valence-corrected chi connectivity index (χ2v) is 4.00. The minimum Gasteiger partial charge on any atom is -0.398 e. The van der Waals surface area contributed by atoms with Crippen molar-refractivity contribution in [2.75, 3.05) is 5.73 Å². The normalized spacial score (nSPS) is 10.3. The van der Waals surface area contributed by atoms with Crippen LogP contribution in [0.25, 0.3) is 0 Å². The van der Waals surface area contributed by atoms with E-state index < -0.39 is 0 Å². The van der Waals surface area contributed by atoms with E-state index in [1.807, 2.05) is 18.2 Å². The van der Waals surface area contributed by atoms with Gasteiger partial charge in [0.15, 0.2) is 0 Å². The molecule has 0 unspecified atom stereocenters. The van der Waals surface area contributed by atoms with Gasteiger partial charge >= 0.3 is 0 Å². The van der Waals surface area contributed by atoms with Gasteiger partial charge in [-0.25, -0.2) is 0 Å². The Kier molecular flexibility index (Phi) is 3.25. The van der Waals surface area contributed by atoms with Gasteiger partial charge in [0.2, 0.25) is 0 Å². The summed E-state index contributed by atoms with van der Waals surface area (Å²) in [7, 11) is 0. The first kappa shape index (κ1) is 10.7. The van der Waals surface area contributed by atoms with Crippen molar-refractivity contribution in [2.24, 2.45) is 0 Å². The Morgan fingerprint density at radius 2 is 1.38 bits per heavy atom. The van der Waals surface area contributed by atoms with Crippen LogP contribution >= 0.6 is 0 Å². The molecule has 0 aromatic heterocycles. The minimum absolute atomic E-state index is 0.883. The second-order valence-electron chi connectivity index (χ2n) is 4.00. The fourth-order valence-electron chi connectivity index (χ4n) is 1.98. The topological polar surface area (TPSA) is 26.0 Å². The van der Waals surface area contributed by atoms with E-state index in [1.165, 1.54) is 16.7 Å². The maximum Gasteiger partial charge on any atom is 0.0349 e. The summed E-state index contributed by atoms with van der Waals surface area (Å²) in [5.41, 5.74) is 10.8. The third-order valence-corrected chi connectivity index (χ3v) is 2.94. The molecule has 16 heavy (non-hydrogen) atoms. The van der Waals surface area contributed by atoms with E-state index in [-0.39, 0.29) is 0 Å². The van der Waals surface area contributed by atoms with Crippen LogP contribution in [-0.4, -0.2) is 0 Å². The summed E-state index contributed by atoms with van der Waals surface area (Å²) >= 11 is 0. The van der Waals surface area contributed by atoms with Crippen molar-refractivity contribution in [1.82, 2.24) is 0 Å². The number of benzene rings is 2. The molecule has 0 aliphatic rings. The predicted molar refractivity (Wildman–Crippen MR) is 69.5 cm³/mol. The molecule has 0 radical (unpaired) electrons. The molecule has 1 nitrogen and oxygen atoms in total. The van der Waals surface area contributed by atoms with Crippen molar-refractivity contribution in [3.05, 3.63) is 65.2 Å². The van der Waals surface area contributed by atoms with Gasteiger partial charge in [-0.15, -0.1) is 0 Å². The molecule has 0 aliphatic heterocycles. The highest BCUT2D eigenvalue weighted by atomic mass is 14.6. The van der Waals surface area contributed by atoms with Gasteiger partial charge in [-0.3, -0.25) is 0 Å². The maximum absolute atomic E-state index is 5.96. The average Bonchev–Trinajstić information content (AvgIpc) is 2.33. The van der Waals surface area contributed by atoms with Crippen LogP contribution in [0.4, 0.5) is 5.69 Å². The van der Waals surface area contributed by atoms with Crippen LogP contribution in [0.3, 0.4) is 0 Å². The van der Waals surface area contributed by atoms with E-state index >= 15 is 0 Å². The highest BCUT2D eigenvalue weighted by Crippen LogP contribution is 2.18. The Balaban J connectivity index is 2.30. The number of aryl methyl sites for hydroxylation is 1. The van der Waals surface area contributed by atoms with Crippen molar-refractivity contribution in [3.63, 3.8) is 0 Å². The van der Waals surface area contributed by atoms with Crippen LogP contribution < -0.4 is 5.73 Å². The molecule has 0 saturated heterocycles. The molecule has 0 bridgehead atoms. The van der Waals surface area contributed by atoms with E-state index in [2.05, 4.69) is 37.3 Å². The largest absolute Gasteiger partial charge is 0.398 e. The molecule has 2 aromatic carbocycles. The summed E-state index contributed by atoms with van der Waals surface area (Å²) in [6, 6.07) is 16.6. The minimum atomic E-state index is 0.883. The van der Waals surface area contributed by atoms with E-state index in [9.17, 15) is 0 Å². The molecule has 0 heterocycles. The molecule has 1 heteroatoms. The molecule has 0 fully saturated rings. The Bertz CT molecular complexity index is 474. The number of hydrogen-bond donors (Lipinski definition) is 1. The number of nitrogen functional groups attached to an aromatic ring is 1. The lowest BCUT2D eigenvalue weighted by molar-refractivity contribution is 1.06. The van der Waals surface area contributed by atoms with Crippen LogP contribution in [0.15, 0.2) is 48.5 Å². The summed E-state index contributed by atoms with van der Waals surface area (Å²) in [4.78, 5) is 0. The summed E-state index contributed by atoms with van der Waals surface area (Å²) in [6.45, 7) is 2.19. The Labute approximate surface area is 96.9 Å². The molecule has 2 rings (SSSR count). The Morgan fingerprint density at radius 1 is 0.812 bits per heavy atom. The first-order valence-electron chi connectivity index (χ1n) is 5.71. The van der Waals surface area contributed by atoms with Crippen LogP contribution in [0.1, 0.15) is 23.6 Å². The van der Waals surface area contributed by atoms with Crippen LogP contribution in [0.5, 0.6) is 0 Å². The van der Waals surface area contributed by atoms with Gasteiger partial charge in [-0.1, -0.05) is 49.4 Å². The molecular weight excluding hydrogens is 194 g/mol. The fraction of sp³-hybridized carbons (Fsp3) is 0.200. The molecule has 82 valence electrons.